The Labute approximate surface area is 181 Å². The summed E-state index contributed by atoms with van der Waals surface area (Å²) in [4.78, 5) is 40.6. The van der Waals surface area contributed by atoms with Crippen LogP contribution in [0.3, 0.4) is 0 Å². The number of esters is 1. The molecule has 0 saturated heterocycles. The maximum Gasteiger partial charge on any atom is 0.354 e. The van der Waals surface area contributed by atoms with Gasteiger partial charge < -0.3 is 18.6 Å². The third-order valence-electron chi connectivity index (χ3n) is 5.59. The van der Waals surface area contributed by atoms with E-state index in [0.29, 0.717) is 33.8 Å². The quantitative estimate of drug-likeness (QED) is 0.426. The van der Waals surface area contributed by atoms with Crippen LogP contribution in [0.4, 0.5) is 0 Å². The molecule has 7 heteroatoms. The Kier molecular flexibility index (Phi) is 6.44. The van der Waals surface area contributed by atoms with Gasteiger partial charge in [0.15, 0.2) is 5.78 Å². The molecule has 0 fully saturated rings. The van der Waals surface area contributed by atoms with Crippen LogP contribution in [0.25, 0.3) is 0 Å². The minimum atomic E-state index is -0.789. The highest BCUT2D eigenvalue weighted by Crippen LogP contribution is 2.26. The number of nitrogens with zero attached hydrogens (tertiary/aromatic N) is 2. The van der Waals surface area contributed by atoms with Crippen molar-refractivity contribution in [2.24, 2.45) is 7.05 Å². The number of aromatic nitrogens is 1. The smallest absolute Gasteiger partial charge is 0.354 e. The maximum absolute atomic E-state index is 13.6. The predicted molar refractivity (Wildman–Crippen MR) is 115 cm³/mol. The summed E-state index contributed by atoms with van der Waals surface area (Å²) in [5, 5.41) is 0. The fourth-order valence-corrected chi connectivity index (χ4v) is 3.78. The Hall–Kier alpha value is -3.61. The Morgan fingerprint density at radius 3 is 2.35 bits per heavy atom. The van der Waals surface area contributed by atoms with Gasteiger partial charge in [-0.05, 0) is 50.6 Å². The molecule has 0 unspecified atom stereocenters. The lowest BCUT2D eigenvalue weighted by Gasteiger charge is -2.28. The number of methoxy groups -OCH3 is 1. The Morgan fingerprint density at radius 2 is 1.77 bits per heavy atom. The minimum Gasteiger partial charge on any atom is -0.467 e. The van der Waals surface area contributed by atoms with Gasteiger partial charge in [0.25, 0.3) is 5.91 Å². The van der Waals surface area contributed by atoms with E-state index in [0.717, 1.165) is 0 Å². The Morgan fingerprint density at radius 1 is 1.10 bits per heavy atom. The topological polar surface area (TPSA) is 81.8 Å². The summed E-state index contributed by atoms with van der Waals surface area (Å²) in [5.41, 5.74) is 2.39. The molecule has 1 atom stereocenters. The fraction of sp³-hybridized carbons (Fsp3) is 0.292. The van der Waals surface area contributed by atoms with Crippen LogP contribution in [0.5, 0.6) is 0 Å². The van der Waals surface area contributed by atoms with E-state index in [9.17, 15) is 14.4 Å². The van der Waals surface area contributed by atoms with Crippen LogP contribution in [0, 0.1) is 13.8 Å². The van der Waals surface area contributed by atoms with Gasteiger partial charge in [0.1, 0.15) is 11.5 Å². The number of hydrogen-bond donors (Lipinski definition) is 0. The molecule has 1 amide bonds. The van der Waals surface area contributed by atoms with Crippen molar-refractivity contribution in [3.05, 3.63) is 82.6 Å². The Balaban J connectivity index is 2.02. The lowest BCUT2D eigenvalue weighted by molar-refractivity contribution is 0.0586. The van der Waals surface area contributed by atoms with Crippen LogP contribution in [0.15, 0.2) is 53.1 Å². The van der Waals surface area contributed by atoms with Crippen molar-refractivity contribution >= 4 is 17.7 Å². The first-order valence-electron chi connectivity index (χ1n) is 9.94. The Bertz CT molecular complexity index is 1100. The lowest BCUT2D eigenvalue weighted by atomic mass is 9.99. The van der Waals surface area contributed by atoms with Crippen LogP contribution < -0.4 is 0 Å². The normalized spacial score (nSPS) is 11.8. The summed E-state index contributed by atoms with van der Waals surface area (Å²) in [5.74, 6) is -0.475. The van der Waals surface area contributed by atoms with Crippen LogP contribution in [0.2, 0.25) is 0 Å². The molecular weight excluding hydrogens is 396 g/mol. The molecule has 2 aromatic heterocycles. The second-order valence-corrected chi connectivity index (χ2v) is 7.40. The number of ketones is 1. The largest absolute Gasteiger partial charge is 0.467 e. The van der Waals surface area contributed by atoms with Gasteiger partial charge in [0.05, 0.1) is 26.0 Å². The number of furan rings is 1. The highest BCUT2D eigenvalue weighted by molar-refractivity contribution is 6.07. The summed E-state index contributed by atoms with van der Waals surface area (Å²) in [6.07, 6.45) is 1.53. The number of benzene rings is 1. The number of carbonyl (C=O) groups is 3. The molecule has 0 radical (unpaired) electrons. The number of Topliss-reactive ketones (excluding diaryl/α,β-unsaturated/α-hetero) is 1. The number of rotatable bonds is 7. The number of amides is 1. The van der Waals surface area contributed by atoms with E-state index in [1.54, 1.807) is 68.8 Å². The number of ether oxygens (including phenoxy) is 1. The molecule has 0 bridgehead atoms. The maximum atomic E-state index is 13.6. The van der Waals surface area contributed by atoms with Crippen molar-refractivity contribution in [2.45, 2.75) is 33.4 Å². The van der Waals surface area contributed by atoms with Gasteiger partial charge in [0, 0.05) is 23.9 Å². The zero-order valence-corrected chi connectivity index (χ0v) is 18.3. The molecule has 162 valence electrons. The van der Waals surface area contributed by atoms with Gasteiger partial charge >= 0.3 is 5.97 Å². The van der Waals surface area contributed by atoms with Crippen LogP contribution in [-0.2, 0) is 18.3 Å². The highest BCUT2D eigenvalue weighted by atomic mass is 16.5. The molecule has 0 aliphatic carbocycles. The standard InChI is InChI=1S/C24H26N2O5/c1-15-20(16(2)25(4)21(15)24(29)30-5)22(27)17(3)26(14-19-12-9-13-31-19)23(28)18-10-7-6-8-11-18/h6-13,17H,14H2,1-5H3/t17-/m1/s1. The molecular formula is C24H26N2O5. The zero-order chi connectivity index (χ0) is 22.7. The molecule has 0 spiro atoms. The van der Waals surface area contributed by atoms with Gasteiger partial charge in [-0.1, -0.05) is 18.2 Å². The van der Waals surface area contributed by atoms with Gasteiger partial charge in [-0.25, -0.2) is 4.79 Å². The zero-order valence-electron chi connectivity index (χ0n) is 18.3. The van der Waals surface area contributed by atoms with E-state index < -0.39 is 12.0 Å². The van der Waals surface area contributed by atoms with Crippen molar-refractivity contribution in [1.82, 2.24) is 9.47 Å². The lowest BCUT2D eigenvalue weighted by Crippen LogP contribution is -2.43. The molecule has 3 aromatic rings. The molecule has 3 rings (SSSR count). The summed E-state index contributed by atoms with van der Waals surface area (Å²) < 4.78 is 12.0. The van der Waals surface area contributed by atoms with Crippen molar-refractivity contribution in [3.63, 3.8) is 0 Å². The van der Waals surface area contributed by atoms with E-state index in [2.05, 4.69) is 0 Å². The van der Waals surface area contributed by atoms with Crippen LogP contribution >= 0.6 is 0 Å². The molecule has 7 nitrogen and oxygen atoms in total. The number of carbonyl (C=O) groups excluding carboxylic acids is 3. The summed E-state index contributed by atoms with van der Waals surface area (Å²) in [6, 6.07) is 11.5. The minimum absolute atomic E-state index is 0.141. The first-order chi connectivity index (χ1) is 14.8. The van der Waals surface area contributed by atoms with Crippen molar-refractivity contribution in [3.8, 4) is 0 Å². The second-order valence-electron chi connectivity index (χ2n) is 7.40. The van der Waals surface area contributed by atoms with Crippen molar-refractivity contribution in [2.75, 3.05) is 7.11 Å². The van der Waals surface area contributed by atoms with Crippen molar-refractivity contribution in [1.29, 1.82) is 0 Å². The predicted octanol–water partition coefficient (Wildman–Crippen LogP) is 3.94. The fourth-order valence-electron chi connectivity index (χ4n) is 3.78. The molecule has 0 N–H and O–H groups in total. The number of hydrogen-bond acceptors (Lipinski definition) is 5. The molecule has 0 aliphatic rings. The molecule has 0 aliphatic heterocycles. The van der Waals surface area contributed by atoms with Crippen LogP contribution in [0.1, 0.15) is 55.1 Å². The molecule has 31 heavy (non-hydrogen) atoms. The van der Waals surface area contributed by atoms with Gasteiger partial charge in [0.2, 0.25) is 0 Å². The molecule has 1 aromatic carbocycles. The summed E-state index contributed by atoms with van der Waals surface area (Å²) >= 11 is 0. The second kappa shape index (κ2) is 9.04. The van der Waals surface area contributed by atoms with Gasteiger partial charge in [-0.3, -0.25) is 9.59 Å². The van der Waals surface area contributed by atoms with Gasteiger partial charge in [-0.15, -0.1) is 0 Å². The molecule has 2 heterocycles. The summed E-state index contributed by atoms with van der Waals surface area (Å²) in [6.45, 7) is 5.32. The monoisotopic (exact) mass is 422 g/mol. The third kappa shape index (κ3) is 4.17. The van der Waals surface area contributed by atoms with E-state index in [1.807, 2.05) is 6.07 Å². The first kappa shape index (κ1) is 22.1. The van der Waals surface area contributed by atoms with Gasteiger partial charge in [-0.2, -0.15) is 0 Å². The first-order valence-corrected chi connectivity index (χ1v) is 9.94. The SMILES string of the molecule is COC(=O)c1c(C)c(C(=O)[C@@H](C)N(Cc2ccco2)C(=O)c2ccccc2)c(C)n1C. The van der Waals surface area contributed by atoms with E-state index in [1.165, 1.54) is 18.3 Å². The van der Waals surface area contributed by atoms with E-state index in [4.69, 9.17) is 9.15 Å². The van der Waals surface area contributed by atoms with Crippen molar-refractivity contribution < 1.29 is 23.5 Å². The highest BCUT2D eigenvalue weighted by Gasteiger charge is 2.33. The van der Waals surface area contributed by atoms with E-state index in [-0.39, 0.29) is 18.2 Å². The van der Waals surface area contributed by atoms with E-state index >= 15 is 0 Å². The molecule has 0 saturated carbocycles. The third-order valence-corrected chi connectivity index (χ3v) is 5.59. The summed E-state index contributed by atoms with van der Waals surface area (Å²) in [7, 11) is 3.02. The average molecular weight is 422 g/mol. The average Bonchev–Trinajstić information content (AvgIpc) is 3.37. The van der Waals surface area contributed by atoms with Crippen LogP contribution in [-0.4, -0.2) is 40.3 Å².